The summed E-state index contributed by atoms with van der Waals surface area (Å²) in [6.07, 6.45) is -0.308. The van der Waals surface area contributed by atoms with Gasteiger partial charge in [0.1, 0.15) is 11.5 Å². The zero-order chi connectivity index (χ0) is 26.2. The van der Waals surface area contributed by atoms with Crippen LogP contribution >= 0.6 is 0 Å². The van der Waals surface area contributed by atoms with Gasteiger partial charge in [0.2, 0.25) is 0 Å². The highest BCUT2D eigenvalue weighted by molar-refractivity contribution is 5.92. The highest BCUT2D eigenvalue weighted by atomic mass is 16.6. The molecule has 0 spiro atoms. The highest BCUT2D eigenvalue weighted by Gasteiger charge is 2.30. The molecule has 4 aromatic rings. The molecule has 0 saturated carbocycles. The van der Waals surface area contributed by atoms with E-state index in [1.807, 2.05) is 25.1 Å². The molecular weight excluding hydrogens is 472 g/mol. The Balaban J connectivity index is 1.77. The van der Waals surface area contributed by atoms with Crippen LogP contribution in [0.4, 0.5) is 10.5 Å². The van der Waals surface area contributed by atoms with E-state index >= 15 is 0 Å². The Kier molecular flexibility index (Phi) is 8.02. The van der Waals surface area contributed by atoms with E-state index in [4.69, 9.17) is 14.7 Å². The van der Waals surface area contributed by atoms with Gasteiger partial charge in [-0.3, -0.25) is 15.3 Å². The third-order valence-corrected chi connectivity index (χ3v) is 5.63. The fourth-order valence-electron chi connectivity index (χ4n) is 3.84. The van der Waals surface area contributed by atoms with Crippen molar-refractivity contribution in [3.63, 3.8) is 0 Å². The number of phenols is 1. The molecular formula is C29H26N2O6. The number of amides is 2. The summed E-state index contributed by atoms with van der Waals surface area (Å²) in [7, 11) is 0. The van der Waals surface area contributed by atoms with Gasteiger partial charge in [-0.15, -0.1) is 0 Å². The quantitative estimate of drug-likeness (QED) is 0.142. The van der Waals surface area contributed by atoms with Gasteiger partial charge in [-0.05, 0) is 48.7 Å². The lowest BCUT2D eigenvalue weighted by molar-refractivity contribution is -0.124. The number of fused-ring (bicyclic) bond motifs is 1. The van der Waals surface area contributed by atoms with E-state index in [1.165, 1.54) is 12.1 Å². The van der Waals surface area contributed by atoms with E-state index in [0.29, 0.717) is 27.8 Å². The van der Waals surface area contributed by atoms with Crippen molar-refractivity contribution in [3.8, 4) is 11.5 Å². The topological polar surface area (TPSA) is 117 Å². The summed E-state index contributed by atoms with van der Waals surface area (Å²) in [5.74, 6) is -0.241. The number of hydroxylamine groups is 1. The zero-order valence-corrected chi connectivity index (χ0v) is 20.0. The van der Waals surface area contributed by atoms with Crippen LogP contribution in [0.15, 0.2) is 103 Å². The highest BCUT2D eigenvalue weighted by Crippen LogP contribution is 2.35. The van der Waals surface area contributed by atoms with E-state index in [-0.39, 0.29) is 5.75 Å². The first kappa shape index (κ1) is 25.3. The molecule has 2 atom stereocenters. The monoisotopic (exact) mass is 498 g/mol. The maximum absolute atomic E-state index is 13.1. The number of carbonyl (C=O) groups is 2. The lowest BCUT2D eigenvalue weighted by Crippen LogP contribution is -2.30. The van der Waals surface area contributed by atoms with Crippen molar-refractivity contribution < 1.29 is 29.4 Å². The van der Waals surface area contributed by atoms with Crippen LogP contribution in [0.1, 0.15) is 17.2 Å². The number of rotatable bonds is 8. The molecule has 37 heavy (non-hydrogen) atoms. The van der Waals surface area contributed by atoms with Gasteiger partial charge >= 0.3 is 6.09 Å². The molecule has 4 N–H and O–H groups in total. The van der Waals surface area contributed by atoms with Crippen LogP contribution in [-0.2, 0) is 9.53 Å². The Morgan fingerprint density at radius 1 is 0.865 bits per heavy atom. The number of para-hydroxylation sites is 1. The van der Waals surface area contributed by atoms with Crippen LogP contribution in [-0.4, -0.2) is 28.4 Å². The number of anilines is 1. The molecule has 0 aliphatic heterocycles. The van der Waals surface area contributed by atoms with Gasteiger partial charge in [-0.1, -0.05) is 66.2 Å². The standard InChI is InChI=1S/C29H26N2O6/c1-19-11-13-20(14-12-19)30-29(34)37-28(24-15-16-25(32)23-10-6-5-9-22(23)24)26(17-18-27(33)31-35)36-21-7-3-2-4-8-21/h2-18,26,28,32,35H,1H3,(H,30,34)(H,31,33)/b18-17+/t26-,28-/m1/s1. The van der Waals surface area contributed by atoms with E-state index < -0.39 is 24.2 Å². The third kappa shape index (κ3) is 6.45. The molecule has 0 heterocycles. The van der Waals surface area contributed by atoms with Gasteiger partial charge < -0.3 is 14.6 Å². The second kappa shape index (κ2) is 11.7. The summed E-state index contributed by atoms with van der Waals surface area (Å²) in [5, 5.41) is 23.3. The lowest BCUT2D eigenvalue weighted by Gasteiger charge is -2.27. The molecule has 4 rings (SSSR count). The Morgan fingerprint density at radius 2 is 1.54 bits per heavy atom. The second-order valence-corrected chi connectivity index (χ2v) is 8.27. The Bertz CT molecular complexity index is 1400. The predicted molar refractivity (Wildman–Crippen MR) is 140 cm³/mol. The molecule has 8 nitrogen and oxygen atoms in total. The van der Waals surface area contributed by atoms with E-state index in [2.05, 4.69) is 5.32 Å². The van der Waals surface area contributed by atoms with Crippen LogP contribution in [0.5, 0.6) is 11.5 Å². The number of carbonyl (C=O) groups excluding carboxylic acids is 2. The SMILES string of the molecule is Cc1ccc(NC(=O)O[C@H](c2ccc(O)c3ccccc23)[C@@H](/C=C/C(=O)NO)Oc2ccccc2)cc1. The van der Waals surface area contributed by atoms with Gasteiger partial charge in [0, 0.05) is 22.7 Å². The lowest BCUT2D eigenvalue weighted by atomic mass is 9.96. The van der Waals surface area contributed by atoms with Crippen LogP contribution in [0.25, 0.3) is 10.8 Å². The normalized spacial score (nSPS) is 12.6. The minimum Gasteiger partial charge on any atom is -0.507 e. The van der Waals surface area contributed by atoms with Gasteiger partial charge in [0.25, 0.3) is 5.91 Å². The van der Waals surface area contributed by atoms with Crippen molar-refractivity contribution in [2.24, 2.45) is 0 Å². The van der Waals surface area contributed by atoms with E-state index in [1.54, 1.807) is 72.2 Å². The summed E-state index contributed by atoms with van der Waals surface area (Å²) < 4.78 is 12.1. The van der Waals surface area contributed by atoms with Crippen LogP contribution in [0.3, 0.4) is 0 Å². The van der Waals surface area contributed by atoms with E-state index in [0.717, 1.165) is 11.6 Å². The predicted octanol–water partition coefficient (Wildman–Crippen LogP) is 5.65. The van der Waals surface area contributed by atoms with Crippen LogP contribution < -0.4 is 15.5 Å². The summed E-state index contributed by atoms with van der Waals surface area (Å²) >= 11 is 0. The summed E-state index contributed by atoms with van der Waals surface area (Å²) in [5.41, 5.74) is 3.67. The molecule has 8 heteroatoms. The molecule has 0 aliphatic rings. The average molecular weight is 499 g/mol. The van der Waals surface area contributed by atoms with Crippen molar-refractivity contribution in [2.75, 3.05) is 5.32 Å². The first-order valence-corrected chi connectivity index (χ1v) is 11.5. The minimum atomic E-state index is -1.06. The first-order valence-electron chi connectivity index (χ1n) is 11.5. The van der Waals surface area contributed by atoms with E-state index in [9.17, 15) is 14.7 Å². The number of benzene rings is 4. The van der Waals surface area contributed by atoms with Crippen molar-refractivity contribution in [3.05, 3.63) is 114 Å². The number of aryl methyl sites for hydroxylation is 1. The maximum Gasteiger partial charge on any atom is 0.412 e. The maximum atomic E-state index is 13.1. The fourth-order valence-corrected chi connectivity index (χ4v) is 3.84. The van der Waals surface area contributed by atoms with Gasteiger partial charge in [0.05, 0.1) is 0 Å². The second-order valence-electron chi connectivity index (χ2n) is 8.27. The number of phenolic OH excluding ortho intramolecular Hbond substituents is 1. The van der Waals surface area contributed by atoms with Crippen molar-refractivity contribution in [1.29, 1.82) is 0 Å². The molecule has 0 fully saturated rings. The minimum absolute atomic E-state index is 0.0675. The van der Waals surface area contributed by atoms with Gasteiger partial charge in [-0.2, -0.15) is 0 Å². The Morgan fingerprint density at radius 3 is 2.24 bits per heavy atom. The Labute approximate surface area is 213 Å². The molecule has 0 radical (unpaired) electrons. The molecule has 0 bridgehead atoms. The molecule has 0 aliphatic carbocycles. The third-order valence-electron chi connectivity index (χ3n) is 5.63. The average Bonchev–Trinajstić information content (AvgIpc) is 2.92. The molecule has 0 unspecified atom stereocenters. The zero-order valence-electron chi connectivity index (χ0n) is 20.0. The fraction of sp³-hybridized carbons (Fsp3) is 0.103. The molecule has 0 aromatic heterocycles. The van der Waals surface area contributed by atoms with Gasteiger partial charge in [0.15, 0.2) is 12.2 Å². The van der Waals surface area contributed by atoms with Crippen LogP contribution in [0.2, 0.25) is 0 Å². The summed E-state index contributed by atoms with van der Waals surface area (Å²) in [6.45, 7) is 1.94. The number of hydrogen-bond donors (Lipinski definition) is 4. The Hall–Kier alpha value is -4.82. The van der Waals surface area contributed by atoms with Crippen molar-refractivity contribution in [1.82, 2.24) is 5.48 Å². The summed E-state index contributed by atoms with van der Waals surface area (Å²) in [4.78, 5) is 24.9. The molecule has 2 amide bonds. The first-order chi connectivity index (χ1) is 17.9. The number of ether oxygens (including phenoxy) is 2. The summed E-state index contributed by atoms with van der Waals surface area (Å²) in [6, 6.07) is 26.4. The number of hydrogen-bond acceptors (Lipinski definition) is 6. The number of aromatic hydroxyl groups is 1. The largest absolute Gasteiger partial charge is 0.507 e. The smallest absolute Gasteiger partial charge is 0.412 e. The molecule has 0 saturated heterocycles. The van der Waals surface area contributed by atoms with Crippen LogP contribution in [0, 0.1) is 6.92 Å². The van der Waals surface area contributed by atoms with Crippen molar-refractivity contribution in [2.45, 2.75) is 19.1 Å². The molecule has 4 aromatic carbocycles. The molecule has 188 valence electrons. The number of nitrogens with one attached hydrogen (secondary N) is 2. The van der Waals surface area contributed by atoms with Gasteiger partial charge in [-0.25, -0.2) is 10.3 Å². The van der Waals surface area contributed by atoms with Crippen molar-refractivity contribution >= 4 is 28.5 Å².